The van der Waals surface area contributed by atoms with Crippen molar-refractivity contribution in [2.45, 2.75) is 23.5 Å². The predicted molar refractivity (Wildman–Crippen MR) is 79.2 cm³/mol. The third-order valence-corrected chi connectivity index (χ3v) is 4.14. The summed E-state index contributed by atoms with van der Waals surface area (Å²) in [7, 11) is 1.59. The molecule has 0 saturated heterocycles. The average Bonchev–Trinajstić information content (AvgIpc) is 2.85. The van der Waals surface area contributed by atoms with Crippen molar-refractivity contribution in [3.63, 3.8) is 0 Å². The molecule has 1 heterocycles. The number of tetrazole rings is 1. The second-order valence-corrected chi connectivity index (χ2v) is 6.27. The maximum atomic E-state index is 13.0. The zero-order chi connectivity index (χ0) is 17.2. The molecule has 0 aliphatic rings. The van der Waals surface area contributed by atoms with E-state index >= 15 is 0 Å². The van der Waals surface area contributed by atoms with Gasteiger partial charge in [0.1, 0.15) is 0 Å². The fourth-order valence-electron chi connectivity index (χ4n) is 1.63. The standard InChI is InChI=1S/C12H11ClF3N5OS/c1-6(23-11-18-19-20-21(11)2)10(22)17-9-4-3-7(13)5-8(9)12(14,15)16/h3-6H,1-2H3,(H,17,22). The number of hydrogen-bond acceptors (Lipinski definition) is 5. The van der Waals surface area contributed by atoms with Gasteiger partial charge in [-0.15, -0.1) is 5.10 Å². The lowest BCUT2D eigenvalue weighted by Crippen LogP contribution is -2.24. The molecule has 1 atom stereocenters. The van der Waals surface area contributed by atoms with Crippen LogP contribution in [0, 0.1) is 0 Å². The number of amides is 1. The summed E-state index contributed by atoms with van der Waals surface area (Å²) in [5.74, 6) is -0.606. The van der Waals surface area contributed by atoms with Gasteiger partial charge in [0.15, 0.2) is 0 Å². The molecule has 0 fully saturated rings. The molecule has 2 rings (SSSR count). The Morgan fingerprint density at radius 3 is 2.70 bits per heavy atom. The second-order valence-electron chi connectivity index (χ2n) is 4.52. The van der Waals surface area contributed by atoms with Crippen molar-refractivity contribution in [1.82, 2.24) is 20.2 Å². The summed E-state index contributed by atoms with van der Waals surface area (Å²) in [6, 6.07) is 3.16. The first-order valence-corrected chi connectivity index (χ1v) is 7.51. The Balaban J connectivity index is 2.15. The molecule has 0 saturated carbocycles. The van der Waals surface area contributed by atoms with Crippen molar-refractivity contribution in [2.24, 2.45) is 7.05 Å². The quantitative estimate of drug-likeness (QED) is 0.843. The van der Waals surface area contributed by atoms with Crippen molar-refractivity contribution in [3.8, 4) is 0 Å². The van der Waals surface area contributed by atoms with Gasteiger partial charge in [0.2, 0.25) is 11.1 Å². The van der Waals surface area contributed by atoms with E-state index in [0.717, 1.165) is 23.9 Å². The Labute approximate surface area is 138 Å². The molecule has 1 aromatic heterocycles. The number of nitrogens with zero attached hydrogens (tertiary/aromatic N) is 4. The van der Waals surface area contributed by atoms with E-state index in [1.165, 1.54) is 17.7 Å². The van der Waals surface area contributed by atoms with Gasteiger partial charge < -0.3 is 5.32 Å². The van der Waals surface area contributed by atoms with Crippen molar-refractivity contribution >= 4 is 35.0 Å². The number of rotatable bonds is 4. The third kappa shape index (κ3) is 4.35. The first kappa shape index (κ1) is 17.5. The minimum absolute atomic E-state index is 0.0668. The monoisotopic (exact) mass is 365 g/mol. The van der Waals surface area contributed by atoms with Gasteiger partial charge in [-0.05, 0) is 35.5 Å². The van der Waals surface area contributed by atoms with E-state index in [9.17, 15) is 18.0 Å². The molecule has 1 amide bonds. The van der Waals surface area contributed by atoms with Crippen molar-refractivity contribution in [1.29, 1.82) is 0 Å². The average molecular weight is 366 g/mol. The number of thioether (sulfide) groups is 1. The minimum Gasteiger partial charge on any atom is -0.325 e. The lowest BCUT2D eigenvalue weighted by Gasteiger charge is -2.16. The van der Waals surface area contributed by atoms with Crippen molar-refractivity contribution < 1.29 is 18.0 Å². The largest absolute Gasteiger partial charge is 0.418 e. The van der Waals surface area contributed by atoms with Crippen LogP contribution in [0.2, 0.25) is 5.02 Å². The summed E-state index contributed by atoms with van der Waals surface area (Å²) in [6.45, 7) is 1.54. The Morgan fingerprint density at radius 1 is 1.43 bits per heavy atom. The molecule has 11 heteroatoms. The number of aryl methyl sites for hydroxylation is 1. The Kier molecular flexibility index (Phi) is 5.15. The Bertz CT molecular complexity index is 721. The maximum absolute atomic E-state index is 13.0. The van der Waals surface area contributed by atoms with Gasteiger partial charge in [0.25, 0.3) is 0 Å². The van der Waals surface area contributed by atoms with Crippen LogP contribution >= 0.6 is 23.4 Å². The van der Waals surface area contributed by atoms with Crippen LogP contribution in [0.15, 0.2) is 23.4 Å². The van der Waals surface area contributed by atoms with Crippen LogP contribution in [0.4, 0.5) is 18.9 Å². The smallest absolute Gasteiger partial charge is 0.325 e. The predicted octanol–water partition coefficient (Wildman–Crippen LogP) is 3.00. The van der Waals surface area contributed by atoms with Crippen LogP contribution in [-0.2, 0) is 18.0 Å². The normalized spacial score (nSPS) is 13.0. The number of carbonyl (C=O) groups excluding carboxylic acids is 1. The highest BCUT2D eigenvalue weighted by molar-refractivity contribution is 8.00. The van der Waals surface area contributed by atoms with Gasteiger partial charge in [-0.25, -0.2) is 4.68 Å². The van der Waals surface area contributed by atoms with Gasteiger partial charge in [0.05, 0.1) is 16.5 Å². The Hall–Kier alpha value is -1.81. The van der Waals surface area contributed by atoms with E-state index in [2.05, 4.69) is 20.8 Å². The molecular formula is C12H11ClF3N5OS. The number of carbonyl (C=O) groups is 1. The van der Waals surface area contributed by atoms with Crippen LogP contribution < -0.4 is 5.32 Å². The van der Waals surface area contributed by atoms with Crippen LogP contribution in [0.5, 0.6) is 0 Å². The first-order chi connectivity index (χ1) is 10.7. The van der Waals surface area contributed by atoms with E-state index in [1.807, 2.05) is 0 Å². The molecule has 1 unspecified atom stereocenters. The minimum atomic E-state index is -4.63. The lowest BCUT2D eigenvalue weighted by atomic mass is 10.1. The molecule has 0 spiro atoms. The maximum Gasteiger partial charge on any atom is 0.418 e. The van der Waals surface area contributed by atoms with Crippen molar-refractivity contribution in [2.75, 3.05) is 5.32 Å². The molecule has 124 valence electrons. The summed E-state index contributed by atoms with van der Waals surface area (Å²) in [6.07, 6.45) is -4.63. The number of nitrogens with one attached hydrogen (secondary N) is 1. The van der Waals surface area contributed by atoms with E-state index in [0.29, 0.717) is 5.16 Å². The van der Waals surface area contributed by atoms with Crippen molar-refractivity contribution in [3.05, 3.63) is 28.8 Å². The highest BCUT2D eigenvalue weighted by atomic mass is 35.5. The topological polar surface area (TPSA) is 72.7 Å². The summed E-state index contributed by atoms with van der Waals surface area (Å²) >= 11 is 6.62. The van der Waals surface area contributed by atoms with Crippen LogP contribution in [0.1, 0.15) is 12.5 Å². The van der Waals surface area contributed by atoms with Gasteiger partial charge in [0, 0.05) is 12.1 Å². The van der Waals surface area contributed by atoms with Crippen LogP contribution in [0.25, 0.3) is 0 Å². The van der Waals surface area contributed by atoms with Gasteiger partial charge in [-0.3, -0.25) is 4.79 Å². The molecule has 0 radical (unpaired) electrons. The third-order valence-electron chi connectivity index (χ3n) is 2.78. The number of hydrogen-bond donors (Lipinski definition) is 1. The van der Waals surface area contributed by atoms with E-state index in [-0.39, 0.29) is 10.7 Å². The van der Waals surface area contributed by atoms with E-state index < -0.39 is 22.9 Å². The van der Waals surface area contributed by atoms with E-state index in [1.54, 1.807) is 7.05 Å². The molecule has 0 bridgehead atoms. The number of anilines is 1. The summed E-state index contributed by atoms with van der Waals surface area (Å²) in [4.78, 5) is 12.1. The fraction of sp³-hybridized carbons (Fsp3) is 0.333. The fourth-order valence-corrected chi connectivity index (χ4v) is 2.55. The highest BCUT2D eigenvalue weighted by Gasteiger charge is 2.34. The van der Waals surface area contributed by atoms with E-state index in [4.69, 9.17) is 11.6 Å². The first-order valence-electron chi connectivity index (χ1n) is 6.25. The molecule has 1 N–H and O–H groups in total. The van der Waals surface area contributed by atoms with Gasteiger partial charge in [-0.2, -0.15) is 13.2 Å². The molecule has 1 aromatic carbocycles. The number of benzene rings is 1. The molecule has 0 aliphatic heterocycles. The molecule has 0 aliphatic carbocycles. The summed E-state index contributed by atoms with van der Waals surface area (Å²) < 4.78 is 40.3. The zero-order valence-electron chi connectivity index (χ0n) is 11.9. The molecule has 6 nitrogen and oxygen atoms in total. The summed E-state index contributed by atoms with van der Waals surface area (Å²) in [5.41, 5.74) is -1.36. The van der Waals surface area contributed by atoms with Gasteiger partial charge in [-0.1, -0.05) is 23.4 Å². The number of aromatic nitrogens is 4. The highest BCUT2D eigenvalue weighted by Crippen LogP contribution is 2.36. The number of halogens is 4. The Morgan fingerprint density at radius 2 is 2.13 bits per heavy atom. The molecule has 2 aromatic rings. The zero-order valence-corrected chi connectivity index (χ0v) is 13.5. The number of alkyl halides is 3. The van der Waals surface area contributed by atoms with Crippen LogP contribution in [-0.4, -0.2) is 31.4 Å². The summed E-state index contributed by atoms with van der Waals surface area (Å²) in [5, 5.41) is 12.6. The lowest BCUT2D eigenvalue weighted by molar-refractivity contribution is -0.137. The second kappa shape index (κ2) is 6.75. The molecule has 23 heavy (non-hydrogen) atoms. The molecular weight excluding hydrogens is 355 g/mol. The van der Waals surface area contributed by atoms with Crippen LogP contribution in [0.3, 0.4) is 0 Å². The van der Waals surface area contributed by atoms with Gasteiger partial charge >= 0.3 is 6.18 Å². The SMILES string of the molecule is CC(Sc1nnnn1C)C(=O)Nc1ccc(Cl)cc1C(F)(F)F.